The summed E-state index contributed by atoms with van der Waals surface area (Å²) in [5.74, 6) is -0.652. The third-order valence-electron chi connectivity index (χ3n) is 6.79. The molecule has 4 amide bonds. The molecule has 186 valence electrons. The number of imide groups is 1. The van der Waals surface area contributed by atoms with Crippen LogP contribution in [0.4, 0.5) is 4.79 Å². The molecule has 5 rings (SSSR count). The highest BCUT2D eigenvalue weighted by Gasteiger charge is 2.54. The van der Waals surface area contributed by atoms with E-state index in [1.807, 2.05) is 78.9 Å². The maximum absolute atomic E-state index is 13.8. The first kappa shape index (κ1) is 25.4. The van der Waals surface area contributed by atoms with Crippen LogP contribution in [0.1, 0.15) is 16.7 Å². The summed E-state index contributed by atoms with van der Waals surface area (Å²) in [5.41, 5.74) is 1.21. The van der Waals surface area contributed by atoms with Gasteiger partial charge in [-0.1, -0.05) is 91.0 Å². The summed E-state index contributed by atoms with van der Waals surface area (Å²) >= 11 is 0. The van der Waals surface area contributed by atoms with Crippen molar-refractivity contribution < 1.29 is 14.4 Å². The smallest absolute Gasteiger partial charge is 0.326 e. The summed E-state index contributed by atoms with van der Waals surface area (Å²) in [6.45, 7) is 3.20. The van der Waals surface area contributed by atoms with Crippen LogP contribution in [-0.2, 0) is 21.7 Å². The van der Waals surface area contributed by atoms with Gasteiger partial charge in [-0.3, -0.25) is 19.4 Å². The van der Waals surface area contributed by atoms with Crippen LogP contribution in [0.2, 0.25) is 0 Å². The quantitative estimate of drug-likeness (QED) is 0.523. The summed E-state index contributed by atoms with van der Waals surface area (Å²) in [6.07, 6.45) is 0. The number of carbonyl (C=O) groups excluding carboxylic acids is 3. The minimum atomic E-state index is -1.35. The van der Waals surface area contributed by atoms with Crippen molar-refractivity contribution in [1.82, 2.24) is 20.0 Å². The Morgan fingerprint density at radius 2 is 1.25 bits per heavy atom. The van der Waals surface area contributed by atoms with Gasteiger partial charge >= 0.3 is 6.03 Å². The van der Waals surface area contributed by atoms with Crippen molar-refractivity contribution in [1.29, 1.82) is 0 Å². The van der Waals surface area contributed by atoms with Gasteiger partial charge in [0.15, 0.2) is 5.54 Å². The van der Waals surface area contributed by atoms with Crippen molar-refractivity contribution in [2.24, 2.45) is 0 Å². The monoisotopic (exact) mass is 504 g/mol. The number of hydrogen-bond donors (Lipinski definition) is 1. The topological polar surface area (TPSA) is 73.0 Å². The van der Waals surface area contributed by atoms with Gasteiger partial charge in [-0.25, -0.2) is 4.79 Å². The van der Waals surface area contributed by atoms with E-state index in [-0.39, 0.29) is 24.9 Å². The lowest BCUT2D eigenvalue weighted by molar-refractivity contribution is -0.139. The second-order valence-electron chi connectivity index (χ2n) is 8.95. The third kappa shape index (κ3) is 4.85. The lowest BCUT2D eigenvalue weighted by Gasteiger charge is -2.35. The van der Waals surface area contributed by atoms with Crippen LogP contribution < -0.4 is 5.32 Å². The molecule has 2 aliphatic rings. The van der Waals surface area contributed by atoms with E-state index in [4.69, 9.17) is 0 Å². The molecule has 2 fully saturated rings. The van der Waals surface area contributed by atoms with Gasteiger partial charge in [-0.2, -0.15) is 0 Å². The predicted molar refractivity (Wildman–Crippen MR) is 139 cm³/mol. The van der Waals surface area contributed by atoms with Crippen LogP contribution in [0, 0.1) is 0 Å². The number of benzene rings is 3. The fraction of sp³-hybridized carbons (Fsp3) is 0.250. The van der Waals surface area contributed by atoms with Gasteiger partial charge in [0.2, 0.25) is 5.91 Å². The third-order valence-corrected chi connectivity index (χ3v) is 6.79. The molecule has 2 saturated heterocycles. The lowest BCUT2D eigenvalue weighted by atomic mass is 9.82. The van der Waals surface area contributed by atoms with Gasteiger partial charge in [0, 0.05) is 32.7 Å². The molecule has 0 atom stereocenters. The zero-order valence-corrected chi connectivity index (χ0v) is 20.7. The normalized spacial score (nSPS) is 17.4. The fourth-order valence-corrected chi connectivity index (χ4v) is 4.89. The number of amides is 4. The van der Waals surface area contributed by atoms with Crippen LogP contribution in [0.25, 0.3) is 0 Å². The van der Waals surface area contributed by atoms with Crippen molar-refractivity contribution in [3.63, 3.8) is 0 Å². The first-order valence-corrected chi connectivity index (χ1v) is 11.9. The first-order valence-electron chi connectivity index (χ1n) is 11.9. The Hall–Kier alpha value is -3.68. The molecular formula is C28H29ClN4O3. The van der Waals surface area contributed by atoms with E-state index in [0.29, 0.717) is 24.2 Å². The van der Waals surface area contributed by atoms with Crippen LogP contribution in [0.5, 0.6) is 0 Å². The molecule has 0 radical (unpaired) electrons. The summed E-state index contributed by atoms with van der Waals surface area (Å²) in [4.78, 5) is 45.0. The second kappa shape index (κ2) is 10.9. The van der Waals surface area contributed by atoms with E-state index >= 15 is 0 Å². The van der Waals surface area contributed by atoms with Gasteiger partial charge in [0.1, 0.15) is 6.54 Å². The minimum absolute atomic E-state index is 0. The van der Waals surface area contributed by atoms with Crippen molar-refractivity contribution >= 4 is 30.3 Å². The highest BCUT2D eigenvalue weighted by molar-refractivity contribution is 6.11. The Morgan fingerprint density at radius 3 is 1.78 bits per heavy atom. The molecule has 7 nitrogen and oxygen atoms in total. The van der Waals surface area contributed by atoms with E-state index in [1.165, 1.54) is 5.56 Å². The molecule has 8 heteroatoms. The van der Waals surface area contributed by atoms with Crippen LogP contribution in [0.3, 0.4) is 0 Å². The number of hydrogen-bond acceptors (Lipinski definition) is 4. The fourth-order valence-electron chi connectivity index (χ4n) is 4.89. The Bertz CT molecular complexity index is 1160. The van der Waals surface area contributed by atoms with Crippen molar-refractivity contribution in [2.45, 2.75) is 12.1 Å². The van der Waals surface area contributed by atoms with E-state index in [0.717, 1.165) is 24.5 Å². The zero-order valence-electron chi connectivity index (χ0n) is 19.9. The molecule has 36 heavy (non-hydrogen) atoms. The Morgan fingerprint density at radius 1 is 0.750 bits per heavy atom. The molecule has 3 aromatic rings. The highest BCUT2D eigenvalue weighted by Crippen LogP contribution is 2.36. The standard InChI is InChI=1S/C28H28N4O3.ClH/c33-25(31-18-16-30(17-19-31)20-22-10-4-1-5-11-22)21-32-26(34)28(29-27(32)35,23-12-6-2-7-13-23)24-14-8-3-9-15-24;/h1-15H,16-21H2,(H,29,35);1H. The van der Waals surface area contributed by atoms with Gasteiger partial charge < -0.3 is 10.2 Å². The highest BCUT2D eigenvalue weighted by atomic mass is 35.5. The van der Waals surface area contributed by atoms with E-state index in [2.05, 4.69) is 22.3 Å². The predicted octanol–water partition coefficient (Wildman–Crippen LogP) is 3.25. The van der Waals surface area contributed by atoms with E-state index in [1.54, 1.807) is 4.90 Å². The van der Waals surface area contributed by atoms with Gasteiger partial charge in [-0.05, 0) is 16.7 Å². The number of carbonyl (C=O) groups is 3. The maximum atomic E-state index is 13.8. The first-order chi connectivity index (χ1) is 17.1. The Balaban J connectivity index is 0.00000304. The number of halogens is 1. The Labute approximate surface area is 217 Å². The molecule has 2 heterocycles. The van der Waals surface area contributed by atoms with Crippen LogP contribution in [0.15, 0.2) is 91.0 Å². The largest absolute Gasteiger partial charge is 0.339 e. The van der Waals surface area contributed by atoms with Crippen molar-refractivity contribution in [3.05, 3.63) is 108 Å². The van der Waals surface area contributed by atoms with Gasteiger partial charge in [-0.15, -0.1) is 12.4 Å². The molecule has 0 bridgehead atoms. The summed E-state index contributed by atoms with van der Waals surface area (Å²) in [7, 11) is 0. The summed E-state index contributed by atoms with van der Waals surface area (Å²) in [6, 6.07) is 28.0. The molecule has 0 spiro atoms. The zero-order chi connectivity index (χ0) is 24.3. The minimum Gasteiger partial charge on any atom is -0.339 e. The Kier molecular flexibility index (Phi) is 7.72. The SMILES string of the molecule is Cl.O=C(CN1C(=O)NC(c2ccccc2)(c2ccccc2)C1=O)N1CCN(Cc2ccccc2)CC1. The summed E-state index contributed by atoms with van der Waals surface area (Å²) in [5, 5.41) is 2.90. The number of piperazine rings is 1. The summed E-state index contributed by atoms with van der Waals surface area (Å²) < 4.78 is 0. The number of urea groups is 1. The second-order valence-corrected chi connectivity index (χ2v) is 8.95. The lowest BCUT2D eigenvalue weighted by Crippen LogP contribution is -2.52. The van der Waals surface area contributed by atoms with E-state index in [9.17, 15) is 14.4 Å². The number of nitrogens with zero attached hydrogens (tertiary/aromatic N) is 3. The molecular weight excluding hydrogens is 476 g/mol. The van der Waals surface area contributed by atoms with Crippen LogP contribution in [-0.4, -0.2) is 65.3 Å². The van der Waals surface area contributed by atoms with Crippen molar-refractivity contribution in [3.8, 4) is 0 Å². The van der Waals surface area contributed by atoms with Crippen molar-refractivity contribution in [2.75, 3.05) is 32.7 Å². The molecule has 0 aliphatic carbocycles. The number of rotatable bonds is 6. The molecule has 3 aromatic carbocycles. The molecule has 0 saturated carbocycles. The maximum Gasteiger partial charge on any atom is 0.326 e. The molecule has 0 aromatic heterocycles. The van der Waals surface area contributed by atoms with Crippen LogP contribution >= 0.6 is 12.4 Å². The average Bonchev–Trinajstić information content (AvgIpc) is 3.16. The van der Waals surface area contributed by atoms with Gasteiger partial charge in [0.05, 0.1) is 0 Å². The van der Waals surface area contributed by atoms with E-state index < -0.39 is 17.5 Å². The molecule has 1 N–H and O–H groups in total. The number of nitrogens with one attached hydrogen (secondary N) is 1. The average molecular weight is 505 g/mol. The molecule has 2 aliphatic heterocycles. The van der Waals surface area contributed by atoms with Gasteiger partial charge in [0.25, 0.3) is 5.91 Å². The molecule has 0 unspecified atom stereocenters.